The van der Waals surface area contributed by atoms with E-state index in [1.54, 1.807) is 16.7 Å². The van der Waals surface area contributed by atoms with Crippen LogP contribution in [0.2, 0.25) is 0 Å². The minimum absolute atomic E-state index is 0.414. The molecule has 1 heterocycles. The second-order valence-electron chi connectivity index (χ2n) is 7.58. The largest absolute Gasteiger partial charge is 0.303 e. The van der Waals surface area contributed by atoms with Crippen molar-refractivity contribution in [1.82, 2.24) is 4.90 Å². The summed E-state index contributed by atoms with van der Waals surface area (Å²) < 4.78 is 0. The topological polar surface area (TPSA) is 3.24 Å². The molecule has 0 amide bonds. The molecular weight excluding hydrogens is 266 g/mol. The Labute approximate surface area is 135 Å². The van der Waals surface area contributed by atoms with Gasteiger partial charge in [-0.25, -0.2) is 0 Å². The van der Waals surface area contributed by atoms with Gasteiger partial charge >= 0.3 is 0 Å². The highest BCUT2D eigenvalue weighted by molar-refractivity contribution is 5.76. The first-order chi connectivity index (χ1) is 10.9. The fourth-order valence-electron chi connectivity index (χ4n) is 4.99. The van der Waals surface area contributed by atoms with Gasteiger partial charge in [-0.2, -0.15) is 0 Å². The highest BCUT2D eigenvalue weighted by Crippen LogP contribution is 2.51. The first-order valence-electron chi connectivity index (χ1n) is 9.41. The SMILES string of the molecule is C1=C(CCCN2CCCCC2)c2ccccc2C12CCCC2. The molecule has 0 unspecified atom stereocenters. The first kappa shape index (κ1) is 14.5. The number of hydrogen-bond acceptors (Lipinski definition) is 1. The molecule has 1 aromatic carbocycles. The maximum absolute atomic E-state index is 2.68. The lowest BCUT2D eigenvalue weighted by atomic mass is 9.81. The average Bonchev–Trinajstić information content (AvgIpc) is 3.16. The summed E-state index contributed by atoms with van der Waals surface area (Å²) in [6.07, 6.45) is 15.1. The van der Waals surface area contributed by atoms with E-state index in [-0.39, 0.29) is 0 Å². The lowest BCUT2D eigenvalue weighted by Crippen LogP contribution is -2.30. The first-order valence-corrected chi connectivity index (χ1v) is 9.41. The Morgan fingerprint density at radius 1 is 0.909 bits per heavy atom. The van der Waals surface area contributed by atoms with Gasteiger partial charge in [0.1, 0.15) is 0 Å². The van der Waals surface area contributed by atoms with Crippen molar-refractivity contribution in [2.75, 3.05) is 19.6 Å². The average molecular weight is 295 g/mol. The summed E-state index contributed by atoms with van der Waals surface area (Å²) in [5.41, 5.74) is 5.27. The predicted molar refractivity (Wildman–Crippen MR) is 94.1 cm³/mol. The molecular formula is C21H29N. The van der Waals surface area contributed by atoms with Gasteiger partial charge in [-0.15, -0.1) is 0 Å². The third-order valence-electron chi connectivity index (χ3n) is 6.12. The molecule has 22 heavy (non-hydrogen) atoms. The number of likely N-dealkylation sites (tertiary alicyclic amines) is 1. The van der Waals surface area contributed by atoms with Crippen molar-refractivity contribution in [2.24, 2.45) is 0 Å². The number of rotatable bonds is 4. The van der Waals surface area contributed by atoms with Crippen molar-refractivity contribution in [3.8, 4) is 0 Å². The number of benzene rings is 1. The molecule has 0 bridgehead atoms. The summed E-state index contributed by atoms with van der Waals surface area (Å²) in [6, 6.07) is 9.23. The van der Waals surface area contributed by atoms with Crippen LogP contribution in [0.25, 0.3) is 5.57 Å². The molecule has 1 spiro atoms. The molecule has 118 valence electrons. The van der Waals surface area contributed by atoms with E-state index in [0.717, 1.165) is 0 Å². The van der Waals surface area contributed by atoms with Crippen LogP contribution >= 0.6 is 0 Å². The Hall–Kier alpha value is -1.08. The molecule has 1 heteroatoms. The van der Waals surface area contributed by atoms with Gasteiger partial charge in [-0.3, -0.25) is 0 Å². The highest BCUT2D eigenvalue weighted by Gasteiger charge is 2.39. The van der Waals surface area contributed by atoms with Gasteiger partial charge in [0.05, 0.1) is 0 Å². The van der Waals surface area contributed by atoms with Crippen molar-refractivity contribution in [3.05, 3.63) is 41.5 Å². The van der Waals surface area contributed by atoms with E-state index in [1.165, 1.54) is 77.4 Å². The quantitative estimate of drug-likeness (QED) is 0.741. The third kappa shape index (κ3) is 2.65. The lowest BCUT2D eigenvalue weighted by Gasteiger charge is -2.26. The minimum Gasteiger partial charge on any atom is -0.303 e. The van der Waals surface area contributed by atoms with Crippen LogP contribution in [0.4, 0.5) is 0 Å². The van der Waals surface area contributed by atoms with E-state index in [1.807, 2.05) is 0 Å². The summed E-state index contributed by atoms with van der Waals surface area (Å²) in [4.78, 5) is 2.68. The second kappa shape index (κ2) is 6.20. The molecule has 3 aliphatic rings. The van der Waals surface area contributed by atoms with Crippen LogP contribution in [0.15, 0.2) is 30.3 Å². The zero-order valence-corrected chi connectivity index (χ0v) is 13.8. The molecule has 1 nitrogen and oxygen atoms in total. The molecule has 0 radical (unpaired) electrons. The smallest absolute Gasteiger partial charge is 0.0144 e. The second-order valence-corrected chi connectivity index (χ2v) is 7.58. The molecule has 0 N–H and O–H groups in total. The van der Waals surface area contributed by atoms with Crippen LogP contribution in [0.3, 0.4) is 0 Å². The molecule has 2 aliphatic carbocycles. The summed E-state index contributed by atoms with van der Waals surface area (Å²) >= 11 is 0. The van der Waals surface area contributed by atoms with E-state index in [9.17, 15) is 0 Å². The van der Waals surface area contributed by atoms with E-state index in [4.69, 9.17) is 0 Å². The normalized spacial score (nSPS) is 23.7. The molecule has 0 aromatic heterocycles. The van der Waals surface area contributed by atoms with Crippen LogP contribution in [-0.2, 0) is 5.41 Å². The Bertz CT molecular complexity index is 545. The Balaban J connectivity index is 1.45. The highest BCUT2D eigenvalue weighted by atomic mass is 15.1. The van der Waals surface area contributed by atoms with Crippen molar-refractivity contribution in [1.29, 1.82) is 0 Å². The maximum Gasteiger partial charge on any atom is 0.0144 e. The van der Waals surface area contributed by atoms with E-state index >= 15 is 0 Å². The standard InChI is InChI=1S/C21H29N/c1-6-14-22(15-7-1)16-8-9-18-17-21(12-4-5-13-21)20-11-3-2-10-19(18)20/h2-3,10-11,17H,1,4-9,12-16H2. The van der Waals surface area contributed by atoms with Crippen molar-refractivity contribution >= 4 is 5.57 Å². The van der Waals surface area contributed by atoms with Gasteiger partial charge in [0, 0.05) is 5.41 Å². The summed E-state index contributed by atoms with van der Waals surface area (Å²) in [6.45, 7) is 3.96. The van der Waals surface area contributed by atoms with Gasteiger partial charge in [-0.05, 0) is 74.9 Å². The summed E-state index contributed by atoms with van der Waals surface area (Å²) in [5.74, 6) is 0. The molecule has 1 saturated heterocycles. The summed E-state index contributed by atoms with van der Waals surface area (Å²) in [7, 11) is 0. The molecule has 0 atom stereocenters. The van der Waals surface area contributed by atoms with Gasteiger partial charge in [0.15, 0.2) is 0 Å². The molecule has 1 aromatic rings. The van der Waals surface area contributed by atoms with E-state index in [2.05, 4.69) is 35.2 Å². The van der Waals surface area contributed by atoms with Gasteiger partial charge < -0.3 is 4.90 Å². The third-order valence-corrected chi connectivity index (χ3v) is 6.12. The predicted octanol–water partition coefficient (Wildman–Crippen LogP) is 5.16. The maximum atomic E-state index is 2.68. The van der Waals surface area contributed by atoms with Crippen molar-refractivity contribution < 1.29 is 0 Å². The molecule has 1 saturated carbocycles. The zero-order valence-electron chi connectivity index (χ0n) is 13.8. The Morgan fingerprint density at radius 3 is 2.50 bits per heavy atom. The number of fused-ring (bicyclic) bond motifs is 2. The monoisotopic (exact) mass is 295 g/mol. The molecule has 1 aliphatic heterocycles. The van der Waals surface area contributed by atoms with Crippen LogP contribution < -0.4 is 0 Å². The van der Waals surface area contributed by atoms with Crippen LogP contribution in [0, 0.1) is 0 Å². The van der Waals surface area contributed by atoms with E-state index < -0.39 is 0 Å². The lowest BCUT2D eigenvalue weighted by molar-refractivity contribution is 0.227. The Kier molecular flexibility index (Phi) is 4.09. The van der Waals surface area contributed by atoms with Crippen LogP contribution in [0.5, 0.6) is 0 Å². The van der Waals surface area contributed by atoms with Gasteiger partial charge in [-0.1, -0.05) is 49.6 Å². The minimum atomic E-state index is 0.414. The Morgan fingerprint density at radius 2 is 1.68 bits per heavy atom. The van der Waals surface area contributed by atoms with Crippen LogP contribution in [-0.4, -0.2) is 24.5 Å². The number of piperidine rings is 1. The number of nitrogens with zero attached hydrogens (tertiary/aromatic N) is 1. The van der Waals surface area contributed by atoms with Gasteiger partial charge in [0.2, 0.25) is 0 Å². The fourth-order valence-corrected chi connectivity index (χ4v) is 4.99. The number of allylic oxidation sites excluding steroid dienone is 2. The van der Waals surface area contributed by atoms with Crippen LogP contribution in [0.1, 0.15) is 68.9 Å². The van der Waals surface area contributed by atoms with E-state index in [0.29, 0.717) is 5.41 Å². The summed E-state index contributed by atoms with van der Waals surface area (Å²) in [5, 5.41) is 0. The molecule has 2 fully saturated rings. The van der Waals surface area contributed by atoms with Crippen molar-refractivity contribution in [2.45, 2.75) is 63.2 Å². The van der Waals surface area contributed by atoms with Gasteiger partial charge in [0.25, 0.3) is 0 Å². The molecule has 4 rings (SSSR count). The van der Waals surface area contributed by atoms with Crippen molar-refractivity contribution in [3.63, 3.8) is 0 Å². The zero-order chi connectivity index (χ0) is 14.8. The fraction of sp³-hybridized carbons (Fsp3) is 0.619. The number of hydrogen-bond donors (Lipinski definition) is 0.